The first-order chi connectivity index (χ1) is 9.87. The summed E-state index contributed by atoms with van der Waals surface area (Å²) in [4.78, 5) is 32.8. The highest BCUT2D eigenvalue weighted by Gasteiger charge is 2.41. The Morgan fingerprint density at radius 3 is 1.55 bits per heavy atom. The van der Waals surface area contributed by atoms with Crippen molar-refractivity contribution in [3.05, 3.63) is 0 Å². The number of aliphatic carboxylic acids is 1. The molecule has 0 radical (unpaired) electrons. The third-order valence-corrected chi connectivity index (χ3v) is 3.94. The van der Waals surface area contributed by atoms with Crippen LogP contribution in [0.3, 0.4) is 0 Å². The zero-order chi connectivity index (χ0) is 17.6. The number of hydrogen-bond acceptors (Lipinski definition) is 5. The molecule has 0 saturated carbocycles. The summed E-state index contributed by atoms with van der Waals surface area (Å²) in [5.41, 5.74) is -1.01. The molecule has 0 fully saturated rings. The van der Waals surface area contributed by atoms with Crippen LogP contribution in [0.4, 0.5) is 0 Å². The summed E-state index contributed by atoms with van der Waals surface area (Å²) < 4.78 is 0. The van der Waals surface area contributed by atoms with Crippen molar-refractivity contribution in [3.63, 3.8) is 0 Å². The highest BCUT2D eigenvalue weighted by atomic mass is 17.3. The van der Waals surface area contributed by atoms with E-state index in [-0.39, 0.29) is 6.42 Å². The van der Waals surface area contributed by atoms with Crippen molar-refractivity contribution in [1.82, 2.24) is 0 Å². The molecule has 0 spiro atoms. The maximum Gasteiger partial charge on any atom is 0.303 e. The van der Waals surface area contributed by atoms with Crippen LogP contribution in [0.25, 0.3) is 0 Å². The second-order valence-corrected chi connectivity index (χ2v) is 7.07. The molecule has 0 amide bonds. The lowest BCUT2D eigenvalue weighted by atomic mass is 9.99. The summed E-state index contributed by atoms with van der Waals surface area (Å²) >= 11 is 0. The topological polar surface area (TPSA) is 74.2 Å². The van der Waals surface area contributed by atoms with Crippen LogP contribution < -0.4 is 0 Å². The number of carbonyl (C=O) groups is 1. The fourth-order valence-corrected chi connectivity index (χ4v) is 1.13. The lowest BCUT2D eigenvalue weighted by Crippen LogP contribution is -2.44. The number of carboxylic acids is 1. The Kier molecular flexibility index (Phi) is 7.98. The predicted octanol–water partition coefficient (Wildman–Crippen LogP) is 4.09. The van der Waals surface area contributed by atoms with Gasteiger partial charge in [-0.1, -0.05) is 20.8 Å². The van der Waals surface area contributed by atoms with E-state index >= 15 is 0 Å². The third kappa shape index (κ3) is 7.54. The van der Waals surface area contributed by atoms with E-state index in [4.69, 9.17) is 24.7 Å². The smallest absolute Gasteiger partial charge is 0.303 e. The first-order valence-electron chi connectivity index (χ1n) is 7.83. The van der Waals surface area contributed by atoms with Crippen molar-refractivity contribution in [2.75, 3.05) is 0 Å². The zero-order valence-corrected chi connectivity index (χ0v) is 15.2. The van der Waals surface area contributed by atoms with Gasteiger partial charge in [0, 0.05) is 5.92 Å². The minimum atomic E-state index is -1.32. The monoisotopic (exact) mass is 320 g/mol. The molecule has 0 aliphatic carbocycles. The van der Waals surface area contributed by atoms with Crippen molar-refractivity contribution >= 4 is 5.97 Å². The van der Waals surface area contributed by atoms with Gasteiger partial charge in [-0.2, -0.15) is 9.78 Å². The molecule has 0 aliphatic rings. The second kappa shape index (κ2) is 8.24. The van der Waals surface area contributed by atoms with E-state index in [1.165, 1.54) is 0 Å². The Bertz CT molecular complexity index is 331. The van der Waals surface area contributed by atoms with Gasteiger partial charge in [-0.25, -0.2) is 9.78 Å². The Hall–Kier alpha value is -0.690. The molecule has 6 nitrogen and oxygen atoms in total. The quantitative estimate of drug-likeness (QED) is 0.351. The molecule has 1 N–H and O–H groups in total. The van der Waals surface area contributed by atoms with Crippen LogP contribution in [0.5, 0.6) is 0 Å². The Balaban J connectivity index is 5.00. The number of hydrogen-bond donors (Lipinski definition) is 1. The summed E-state index contributed by atoms with van der Waals surface area (Å²) in [6.45, 7) is 14.8. The van der Waals surface area contributed by atoms with E-state index < -0.39 is 28.9 Å². The van der Waals surface area contributed by atoms with Gasteiger partial charge in [0.2, 0.25) is 5.79 Å². The van der Waals surface area contributed by atoms with Gasteiger partial charge in [0.15, 0.2) is 0 Å². The van der Waals surface area contributed by atoms with Crippen LogP contribution in [0.15, 0.2) is 0 Å². The molecular weight excluding hydrogens is 288 g/mol. The maximum atomic E-state index is 11.0. The average Bonchev–Trinajstić information content (AvgIpc) is 2.42. The molecule has 1 atom stereocenters. The molecule has 0 bridgehead atoms. The SMILES string of the molecule is CCC(C)(C)OOC(C)(OOC(C)(C)CC)C(C)CC(=O)O. The van der Waals surface area contributed by atoms with Crippen molar-refractivity contribution in [1.29, 1.82) is 0 Å². The third-order valence-electron chi connectivity index (χ3n) is 3.94. The minimum Gasteiger partial charge on any atom is -0.481 e. The van der Waals surface area contributed by atoms with Crippen LogP contribution in [0, 0.1) is 5.92 Å². The van der Waals surface area contributed by atoms with E-state index in [0.717, 1.165) is 12.8 Å². The van der Waals surface area contributed by atoms with Gasteiger partial charge < -0.3 is 5.11 Å². The van der Waals surface area contributed by atoms with Crippen molar-refractivity contribution in [2.45, 2.75) is 91.6 Å². The predicted molar refractivity (Wildman–Crippen MR) is 82.9 cm³/mol. The largest absolute Gasteiger partial charge is 0.481 e. The van der Waals surface area contributed by atoms with Crippen molar-refractivity contribution < 1.29 is 29.5 Å². The van der Waals surface area contributed by atoms with Gasteiger partial charge in [-0.3, -0.25) is 4.79 Å². The fourth-order valence-electron chi connectivity index (χ4n) is 1.13. The van der Waals surface area contributed by atoms with Crippen LogP contribution in [0.2, 0.25) is 0 Å². The van der Waals surface area contributed by atoms with E-state index in [1.807, 2.05) is 41.5 Å². The van der Waals surface area contributed by atoms with Crippen LogP contribution in [-0.4, -0.2) is 28.1 Å². The Labute approximate surface area is 133 Å². The summed E-state index contributed by atoms with van der Waals surface area (Å²) in [6.07, 6.45) is 1.34. The molecular formula is C16H32O6. The summed E-state index contributed by atoms with van der Waals surface area (Å²) in [7, 11) is 0. The first-order valence-corrected chi connectivity index (χ1v) is 7.83. The fraction of sp³-hybridized carbons (Fsp3) is 0.938. The molecule has 1 unspecified atom stereocenters. The molecule has 0 saturated heterocycles. The van der Waals surface area contributed by atoms with Gasteiger partial charge in [0.25, 0.3) is 0 Å². The molecule has 0 aromatic heterocycles. The summed E-state index contributed by atoms with van der Waals surface area (Å²) in [6, 6.07) is 0. The number of carboxylic acid groups (broad SMARTS) is 1. The maximum absolute atomic E-state index is 11.0. The van der Waals surface area contributed by atoms with Gasteiger partial charge in [0.1, 0.15) is 0 Å². The first kappa shape index (κ1) is 21.3. The molecule has 6 heteroatoms. The standard InChI is InChI=1S/C16H32O6/c1-9-14(4,5)19-21-16(8,12(3)11-13(17)18)22-20-15(6,7)10-2/h12H,9-11H2,1-8H3,(H,17,18). The molecule has 0 aromatic carbocycles. The van der Waals surface area contributed by atoms with Crippen LogP contribution in [0.1, 0.15) is 74.7 Å². The van der Waals surface area contributed by atoms with E-state index in [0.29, 0.717) is 0 Å². The van der Waals surface area contributed by atoms with Crippen molar-refractivity contribution in [2.24, 2.45) is 5.92 Å². The molecule has 0 aliphatic heterocycles. The van der Waals surface area contributed by atoms with Gasteiger partial charge in [0.05, 0.1) is 17.6 Å². The summed E-state index contributed by atoms with van der Waals surface area (Å²) in [5, 5.41) is 9.00. The molecule has 0 aromatic rings. The van der Waals surface area contributed by atoms with Crippen LogP contribution in [-0.2, 0) is 24.3 Å². The molecule has 132 valence electrons. The minimum absolute atomic E-state index is 0.123. The van der Waals surface area contributed by atoms with Gasteiger partial charge in [-0.05, 0) is 47.5 Å². The Morgan fingerprint density at radius 1 is 0.909 bits per heavy atom. The lowest BCUT2D eigenvalue weighted by Gasteiger charge is -2.37. The summed E-state index contributed by atoms with van der Waals surface area (Å²) in [5.74, 6) is -2.72. The molecule has 22 heavy (non-hydrogen) atoms. The Morgan fingerprint density at radius 2 is 1.27 bits per heavy atom. The molecule has 0 heterocycles. The van der Waals surface area contributed by atoms with E-state index in [9.17, 15) is 4.79 Å². The van der Waals surface area contributed by atoms with E-state index in [2.05, 4.69) is 0 Å². The lowest BCUT2D eigenvalue weighted by molar-refractivity contribution is -0.548. The molecule has 0 rings (SSSR count). The van der Waals surface area contributed by atoms with Crippen molar-refractivity contribution in [3.8, 4) is 0 Å². The van der Waals surface area contributed by atoms with E-state index in [1.54, 1.807) is 13.8 Å². The zero-order valence-electron chi connectivity index (χ0n) is 15.2. The van der Waals surface area contributed by atoms with Gasteiger partial charge in [-0.15, -0.1) is 0 Å². The normalized spacial score (nSPS) is 14.9. The highest BCUT2D eigenvalue weighted by molar-refractivity contribution is 5.67. The average molecular weight is 320 g/mol. The van der Waals surface area contributed by atoms with Gasteiger partial charge >= 0.3 is 5.97 Å². The highest BCUT2D eigenvalue weighted by Crippen LogP contribution is 2.31. The number of rotatable bonds is 11. The second-order valence-electron chi connectivity index (χ2n) is 7.07. The van der Waals surface area contributed by atoms with Crippen LogP contribution >= 0.6 is 0 Å².